The van der Waals surface area contributed by atoms with Crippen LogP contribution in [0.2, 0.25) is 0 Å². The van der Waals surface area contributed by atoms with Crippen molar-refractivity contribution in [3.63, 3.8) is 0 Å². The van der Waals surface area contributed by atoms with E-state index in [4.69, 9.17) is 47.0 Å². The van der Waals surface area contributed by atoms with Crippen molar-refractivity contribution in [2.24, 2.45) is 0 Å². The summed E-state index contributed by atoms with van der Waals surface area (Å²) < 4.78 is -1.80. The molecule has 0 radical (unpaired) electrons. The summed E-state index contributed by atoms with van der Waals surface area (Å²) in [5, 5.41) is 3.13. The summed E-state index contributed by atoms with van der Waals surface area (Å²) in [5.74, 6) is 0.0571. The number of nitrogens with one attached hydrogen (secondary N) is 1. The van der Waals surface area contributed by atoms with E-state index in [0.29, 0.717) is 24.2 Å². The van der Waals surface area contributed by atoms with Gasteiger partial charge in [0.1, 0.15) is 0 Å². The summed E-state index contributed by atoms with van der Waals surface area (Å²) in [5.41, 5.74) is 0.883. The van der Waals surface area contributed by atoms with E-state index in [1.807, 2.05) is 30.3 Å². The van der Waals surface area contributed by atoms with Crippen LogP contribution in [0.4, 0.5) is 5.95 Å². The summed E-state index contributed by atoms with van der Waals surface area (Å²) in [4.78, 5) is 24.4. The van der Waals surface area contributed by atoms with Crippen LogP contribution in [-0.2, 0) is 4.79 Å². The number of carbonyl (C=O) groups is 1. The predicted octanol–water partition coefficient (Wildman–Crippen LogP) is 3.80. The molecule has 3 rings (SSSR count). The highest BCUT2D eigenvalue weighted by atomic mass is 35.6. The molecule has 1 aliphatic heterocycles. The van der Waals surface area contributed by atoms with Crippen LogP contribution in [0.3, 0.4) is 0 Å². The van der Waals surface area contributed by atoms with Gasteiger partial charge in [0.05, 0.1) is 0 Å². The second-order valence-corrected chi connectivity index (χ2v) is 8.96. The lowest BCUT2D eigenvalue weighted by atomic mass is 10.2. The zero-order valence-corrected chi connectivity index (χ0v) is 18.3. The van der Waals surface area contributed by atoms with Gasteiger partial charge < -0.3 is 10.2 Å². The highest BCUT2D eigenvalue weighted by molar-refractivity contribution is 7.80. The number of benzene rings is 1. The van der Waals surface area contributed by atoms with Crippen LogP contribution >= 0.6 is 47.0 Å². The number of hydrogen-bond donors (Lipinski definition) is 1. The van der Waals surface area contributed by atoms with Gasteiger partial charge in [-0.05, 0) is 36.3 Å². The topological polar surface area (TPSA) is 61.4 Å². The van der Waals surface area contributed by atoms with Crippen molar-refractivity contribution in [3.05, 3.63) is 60.4 Å². The van der Waals surface area contributed by atoms with E-state index in [1.54, 1.807) is 34.3 Å². The Bertz CT molecular complexity index is 876. The monoisotopic (exact) mass is 469 g/mol. The molecule has 29 heavy (non-hydrogen) atoms. The van der Waals surface area contributed by atoms with Crippen LogP contribution in [0.5, 0.6) is 0 Å². The van der Waals surface area contributed by atoms with Gasteiger partial charge in [0.15, 0.2) is 11.3 Å². The molecule has 1 aromatic heterocycles. The molecule has 2 aromatic rings. The maximum Gasteiger partial charge on any atom is 0.245 e. The molecule has 0 spiro atoms. The molecule has 1 aliphatic rings. The van der Waals surface area contributed by atoms with Crippen LogP contribution in [0.25, 0.3) is 6.08 Å². The van der Waals surface area contributed by atoms with Gasteiger partial charge in [-0.3, -0.25) is 9.69 Å². The van der Waals surface area contributed by atoms with Gasteiger partial charge in [0.2, 0.25) is 15.6 Å². The average molecular weight is 471 g/mol. The zero-order valence-electron chi connectivity index (χ0n) is 15.2. The Balaban J connectivity index is 1.76. The Morgan fingerprint density at radius 3 is 2.48 bits per heavy atom. The number of anilines is 1. The zero-order chi connectivity index (χ0) is 20.9. The number of hydrogen-bond acceptors (Lipinski definition) is 4. The largest absolute Gasteiger partial charge is 0.328 e. The number of carbonyl (C=O) groups excluding carboxylic acids is 1. The third kappa shape index (κ3) is 5.79. The average Bonchev–Trinajstić information content (AvgIpc) is 2.71. The van der Waals surface area contributed by atoms with E-state index < -0.39 is 15.9 Å². The number of nitrogens with zero attached hydrogens (tertiary/aromatic N) is 4. The van der Waals surface area contributed by atoms with Gasteiger partial charge in [-0.2, -0.15) is 0 Å². The van der Waals surface area contributed by atoms with Gasteiger partial charge in [0, 0.05) is 31.6 Å². The fraction of sp³-hybridized carbons (Fsp3) is 0.263. The first-order valence-corrected chi connectivity index (χ1v) is 10.4. The minimum atomic E-state index is -1.80. The molecule has 1 saturated heterocycles. The smallest absolute Gasteiger partial charge is 0.245 e. The molecule has 1 atom stereocenters. The molecular weight excluding hydrogens is 453 g/mol. The first kappa shape index (κ1) is 21.8. The first-order chi connectivity index (χ1) is 13.9. The highest BCUT2D eigenvalue weighted by Gasteiger charge is 2.42. The fourth-order valence-corrected chi connectivity index (χ4v) is 3.74. The Labute approximate surface area is 189 Å². The van der Waals surface area contributed by atoms with Crippen molar-refractivity contribution in [1.29, 1.82) is 0 Å². The molecule has 0 aliphatic carbocycles. The maximum absolute atomic E-state index is 12.5. The number of amides is 1. The summed E-state index contributed by atoms with van der Waals surface area (Å²) in [7, 11) is 0. The molecule has 1 aromatic carbocycles. The Kier molecular flexibility index (Phi) is 7.29. The first-order valence-electron chi connectivity index (χ1n) is 8.82. The molecule has 2 heterocycles. The van der Waals surface area contributed by atoms with Crippen LogP contribution in [0.1, 0.15) is 12.0 Å². The molecule has 6 nitrogen and oxygen atoms in total. The number of rotatable bonds is 5. The fourth-order valence-electron chi connectivity index (χ4n) is 2.86. The van der Waals surface area contributed by atoms with Gasteiger partial charge in [-0.25, -0.2) is 9.97 Å². The molecule has 1 N–H and O–H groups in total. The van der Waals surface area contributed by atoms with Crippen LogP contribution < -0.4 is 10.2 Å². The molecule has 10 heteroatoms. The highest BCUT2D eigenvalue weighted by Crippen LogP contribution is 2.34. The predicted molar refractivity (Wildman–Crippen MR) is 121 cm³/mol. The molecule has 1 fully saturated rings. The Morgan fingerprint density at radius 2 is 1.83 bits per heavy atom. The quantitative estimate of drug-likeness (QED) is 0.407. The number of aromatic nitrogens is 2. The van der Waals surface area contributed by atoms with Crippen LogP contribution in [0.15, 0.2) is 54.9 Å². The van der Waals surface area contributed by atoms with E-state index in [-0.39, 0.29) is 0 Å². The van der Waals surface area contributed by atoms with E-state index >= 15 is 0 Å². The third-order valence-corrected chi connectivity index (χ3v) is 5.25. The van der Waals surface area contributed by atoms with Gasteiger partial charge in [-0.15, -0.1) is 0 Å². The lowest BCUT2D eigenvalue weighted by Gasteiger charge is -2.43. The molecule has 1 unspecified atom stereocenters. The molecular formula is C19H18Cl3N5OS. The van der Waals surface area contributed by atoms with E-state index in [0.717, 1.165) is 12.0 Å². The molecule has 152 valence electrons. The van der Waals surface area contributed by atoms with Crippen LogP contribution in [-0.4, -0.2) is 48.9 Å². The minimum absolute atomic E-state index is 0.381. The van der Waals surface area contributed by atoms with Crippen molar-refractivity contribution in [3.8, 4) is 0 Å². The minimum Gasteiger partial charge on any atom is -0.328 e. The van der Waals surface area contributed by atoms with Crippen molar-refractivity contribution in [2.75, 3.05) is 18.0 Å². The van der Waals surface area contributed by atoms with Gasteiger partial charge >= 0.3 is 0 Å². The summed E-state index contributed by atoms with van der Waals surface area (Å²) in [6.07, 6.45) is 6.11. The third-order valence-electron chi connectivity index (χ3n) is 4.18. The number of alkyl halides is 3. The SMILES string of the molecule is O=C(/C=C/c1ccccc1)NC(N1CCCN(c2ncccn2)C1=S)C(Cl)(Cl)Cl. The Morgan fingerprint density at radius 1 is 1.14 bits per heavy atom. The van der Waals surface area contributed by atoms with E-state index in [2.05, 4.69) is 15.3 Å². The number of thiocarbonyl (C=S) groups is 1. The number of halogens is 3. The molecule has 0 bridgehead atoms. The lowest BCUT2D eigenvalue weighted by molar-refractivity contribution is -0.117. The maximum atomic E-state index is 12.5. The Hall–Kier alpha value is -1.93. The normalized spacial score (nSPS) is 16.2. The van der Waals surface area contributed by atoms with Crippen LogP contribution in [0, 0.1) is 0 Å². The van der Waals surface area contributed by atoms with Crippen molar-refractivity contribution in [1.82, 2.24) is 20.2 Å². The van der Waals surface area contributed by atoms with Crippen molar-refractivity contribution in [2.45, 2.75) is 16.4 Å². The second-order valence-electron chi connectivity index (χ2n) is 6.23. The lowest BCUT2D eigenvalue weighted by Crippen LogP contribution is -2.62. The summed E-state index contributed by atoms with van der Waals surface area (Å²) >= 11 is 24.2. The van der Waals surface area contributed by atoms with E-state index in [9.17, 15) is 4.79 Å². The van der Waals surface area contributed by atoms with Crippen molar-refractivity contribution < 1.29 is 4.79 Å². The van der Waals surface area contributed by atoms with Crippen molar-refractivity contribution >= 4 is 70.1 Å². The molecule has 0 saturated carbocycles. The van der Waals surface area contributed by atoms with E-state index in [1.165, 1.54) is 6.08 Å². The second kappa shape index (κ2) is 9.71. The summed E-state index contributed by atoms with van der Waals surface area (Å²) in [6.45, 7) is 1.15. The van der Waals surface area contributed by atoms with Gasteiger partial charge in [-0.1, -0.05) is 65.1 Å². The standard InChI is InChI=1S/C19H18Cl3N5OS/c20-19(21,22)16(25-15(28)9-8-14-6-2-1-3-7-14)26-12-5-13-27(18(26)29)17-23-10-4-11-24-17/h1-4,6-11,16H,5,12-13H2,(H,25,28)/b9-8+. The van der Waals surface area contributed by atoms with Gasteiger partial charge in [0.25, 0.3) is 0 Å². The summed E-state index contributed by atoms with van der Waals surface area (Å²) in [6, 6.07) is 11.1. The molecule has 1 amide bonds.